The average Bonchev–Trinajstić information content (AvgIpc) is 3.26. The Labute approximate surface area is 177 Å². The number of hydrogen-bond donors (Lipinski definition) is 0. The number of hydrogen-bond acceptors (Lipinski definition) is 1. The Balaban J connectivity index is 1.33. The molecule has 2 unspecified atom stereocenters. The second-order valence-electron chi connectivity index (χ2n) is 8.92. The van der Waals surface area contributed by atoms with Crippen molar-refractivity contribution in [3.8, 4) is 0 Å². The van der Waals surface area contributed by atoms with E-state index in [9.17, 15) is 4.79 Å². The molecule has 3 aliphatic heterocycles. The molecule has 4 nitrogen and oxygen atoms in total. The maximum absolute atomic E-state index is 13.6. The molecule has 0 spiro atoms. The lowest BCUT2D eigenvalue weighted by Gasteiger charge is -2.39. The predicted molar refractivity (Wildman–Crippen MR) is 122 cm³/mol. The zero-order valence-electron chi connectivity index (χ0n) is 17.4. The molecular formula is C26H27N3O. The second kappa shape index (κ2) is 6.76. The number of carbonyl (C=O) groups is 1. The van der Waals surface area contributed by atoms with Crippen LogP contribution in [0.25, 0.3) is 16.5 Å². The van der Waals surface area contributed by atoms with Crippen LogP contribution >= 0.6 is 0 Å². The molecule has 2 atom stereocenters. The summed E-state index contributed by atoms with van der Waals surface area (Å²) in [7, 11) is 2.16. The molecule has 1 fully saturated rings. The molecule has 2 bridgehead atoms. The van der Waals surface area contributed by atoms with Crippen LogP contribution in [0.5, 0.6) is 0 Å². The first-order valence-corrected chi connectivity index (χ1v) is 11.1. The van der Waals surface area contributed by atoms with E-state index in [0.717, 1.165) is 44.3 Å². The molecule has 152 valence electrons. The van der Waals surface area contributed by atoms with E-state index in [1.807, 2.05) is 11.0 Å². The third kappa shape index (κ3) is 2.63. The van der Waals surface area contributed by atoms with Gasteiger partial charge < -0.3 is 9.47 Å². The van der Waals surface area contributed by atoms with E-state index in [0.29, 0.717) is 6.04 Å². The van der Waals surface area contributed by atoms with Crippen LogP contribution in [0.15, 0.2) is 60.7 Å². The van der Waals surface area contributed by atoms with Gasteiger partial charge in [-0.05, 0) is 61.4 Å². The molecule has 0 saturated carbocycles. The summed E-state index contributed by atoms with van der Waals surface area (Å²) < 4.78 is 2.30. The molecule has 2 aromatic carbocycles. The van der Waals surface area contributed by atoms with Crippen molar-refractivity contribution in [2.24, 2.45) is 7.05 Å². The van der Waals surface area contributed by atoms with Gasteiger partial charge in [0.1, 0.15) is 0 Å². The number of fused-ring (bicyclic) bond motifs is 4. The first kappa shape index (κ1) is 17.8. The highest BCUT2D eigenvalue weighted by atomic mass is 16.2. The highest BCUT2D eigenvalue weighted by Crippen LogP contribution is 2.41. The Bertz CT molecular complexity index is 1170. The Morgan fingerprint density at radius 1 is 1.03 bits per heavy atom. The molecule has 1 saturated heterocycles. The normalized spacial score (nSPS) is 22.9. The minimum absolute atomic E-state index is 0.196. The van der Waals surface area contributed by atoms with Gasteiger partial charge in [0, 0.05) is 41.9 Å². The van der Waals surface area contributed by atoms with Gasteiger partial charge in [0.15, 0.2) is 0 Å². The summed E-state index contributed by atoms with van der Waals surface area (Å²) in [6.07, 6.45) is 7.59. The van der Waals surface area contributed by atoms with Gasteiger partial charge in [-0.2, -0.15) is 0 Å². The van der Waals surface area contributed by atoms with Crippen LogP contribution < -0.4 is 4.90 Å². The van der Waals surface area contributed by atoms with Crippen molar-refractivity contribution in [3.05, 3.63) is 71.9 Å². The van der Waals surface area contributed by atoms with E-state index >= 15 is 0 Å². The van der Waals surface area contributed by atoms with Crippen molar-refractivity contribution in [2.75, 3.05) is 11.4 Å². The molecule has 3 aromatic rings. The fourth-order valence-electron chi connectivity index (χ4n) is 5.79. The van der Waals surface area contributed by atoms with E-state index in [1.165, 1.54) is 27.7 Å². The lowest BCUT2D eigenvalue weighted by molar-refractivity contribution is 0.186. The van der Waals surface area contributed by atoms with Gasteiger partial charge in [-0.1, -0.05) is 42.5 Å². The summed E-state index contributed by atoms with van der Waals surface area (Å²) >= 11 is 0. The summed E-state index contributed by atoms with van der Waals surface area (Å²) in [5, 5.41) is 1.28. The predicted octanol–water partition coefficient (Wildman–Crippen LogP) is 5.37. The van der Waals surface area contributed by atoms with Crippen LogP contribution in [0.3, 0.4) is 0 Å². The van der Waals surface area contributed by atoms with Gasteiger partial charge in [0.05, 0.1) is 6.04 Å². The molecule has 2 amide bonds. The molecule has 3 aliphatic rings. The maximum atomic E-state index is 13.6. The van der Waals surface area contributed by atoms with Crippen molar-refractivity contribution in [3.63, 3.8) is 0 Å². The van der Waals surface area contributed by atoms with Gasteiger partial charge in [-0.3, -0.25) is 4.90 Å². The average molecular weight is 398 g/mol. The molecule has 0 aliphatic carbocycles. The van der Waals surface area contributed by atoms with Crippen molar-refractivity contribution in [2.45, 2.75) is 44.2 Å². The Morgan fingerprint density at radius 3 is 2.73 bits per heavy atom. The quantitative estimate of drug-likeness (QED) is 0.542. The summed E-state index contributed by atoms with van der Waals surface area (Å²) in [5.41, 5.74) is 6.36. The van der Waals surface area contributed by atoms with Gasteiger partial charge >= 0.3 is 6.03 Å². The number of aromatic nitrogens is 1. The minimum Gasteiger partial charge on any atom is -0.344 e. The Hall–Kier alpha value is -3.01. The molecule has 4 heteroatoms. The van der Waals surface area contributed by atoms with Crippen LogP contribution in [0.4, 0.5) is 10.5 Å². The fraction of sp³-hybridized carbons (Fsp3) is 0.346. The van der Waals surface area contributed by atoms with Crippen LogP contribution in [-0.2, 0) is 13.5 Å². The number of aryl methyl sites for hydroxylation is 2. The third-order valence-electron chi connectivity index (χ3n) is 7.24. The monoisotopic (exact) mass is 397 g/mol. The van der Waals surface area contributed by atoms with Crippen LogP contribution in [0.1, 0.15) is 36.9 Å². The lowest BCUT2D eigenvalue weighted by Crippen LogP contribution is -2.51. The number of urea groups is 1. The van der Waals surface area contributed by atoms with Crippen molar-refractivity contribution < 1.29 is 4.79 Å². The van der Waals surface area contributed by atoms with E-state index in [4.69, 9.17) is 0 Å². The molecule has 4 heterocycles. The number of carbonyl (C=O) groups excluding carboxylic acids is 1. The van der Waals surface area contributed by atoms with Gasteiger partial charge in [0.2, 0.25) is 0 Å². The molecule has 0 N–H and O–H groups in total. The lowest BCUT2D eigenvalue weighted by atomic mass is 9.98. The number of amides is 2. The first-order chi connectivity index (χ1) is 14.7. The smallest absolute Gasteiger partial charge is 0.325 e. The van der Waals surface area contributed by atoms with Crippen molar-refractivity contribution in [1.29, 1.82) is 0 Å². The Morgan fingerprint density at radius 2 is 1.87 bits per heavy atom. The van der Waals surface area contributed by atoms with Crippen LogP contribution in [0.2, 0.25) is 0 Å². The number of para-hydroxylation sites is 2. The second-order valence-corrected chi connectivity index (χ2v) is 8.92. The minimum atomic E-state index is 0.196. The molecule has 1 aromatic heterocycles. The number of anilines is 1. The summed E-state index contributed by atoms with van der Waals surface area (Å²) in [5.74, 6) is 0. The fourth-order valence-corrected chi connectivity index (χ4v) is 5.79. The molecule has 6 rings (SSSR count). The van der Waals surface area contributed by atoms with Gasteiger partial charge in [-0.15, -0.1) is 0 Å². The Kier molecular flexibility index (Phi) is 4.02. The summed E-state index contributed by atoms with van der Waals surface area (Å²) in [6.45, 7) is 0.825. The van der Waals surface area contributed by atoms with Crippen LogP contribution in [0, 0.1) is 0 Å². The third-order valence-corrected chi connectivity index (χ3v) is 7.24. The van der Waals surface area contributed by atoms with E-state index < -0.39 is 0 Å². The van der Waals surface area contributed by atoms with Crippen molar-refractivity contribution >= 4 is 28.2 Å². The molecular weight excluding hydrogens is 370 g/mol. The van der Waals surface area contributed by atoms with Gasteiger partial charge in [-0.25, -0.2) is 4.79 Å². The number of rotatable bonds is 1. The summed E-state index contributed by atoms with van der Waals surface area (Å²) in [6, 6.07) is 20.0. The zero-order chi connectivity index (χ0) is 20.2. The highest BCUT2D eigenvalue weighted by molar-refractivity contribution is 5.95. The largest absolute Gasteiger partial charge is 0.344 e. The zero-order valence-corrected chi connectivity index (χ0v) is 17.4. The standard InChI is InChI=1S/C26H27N3O/c1-27-23-10-4-3-8-19(23)17-25(27)20-15-21-12-13-22(16-20)29(21)26(30)28-14-6-9-18-7-2-5-11-24(18)28/h2-5,7-8,10-11,15,17,21-22H,6,9,12-14,16H2,1H3. The molecule has 0 radical (unpaired) electrons. The topological polar surface area (TPSA) is 28.5 Å². The first-order valence-electron chi connectivity index (χ1n) is 11.1. The molecule has 30 heavy (non-hydrogen) atoms. The number of nitrogens with zero attached hydrogens (tertiary/aromatic N) is 3. The van der Waals surface area contributed by atoms with Crippen molar-refractivity contribution in [1.82, 2.24) is 9.47 Å². The van der Waals surface area contributed by atoms with Crippen LogP contribution in [-0.4, -0.2) is 34.1 Å². The number of benzene rings is 2. The van der Waals surface area contributed by atoms with E-state index in [2.05, 4.69) is 71.1 Å². The van der Waals surface area contributed by atoms with E-state index in [-0.39, 0.29) is 12.1 Å². The maximum Gasteiger partial charge on any atom is 0.325 e. The highest BCUT2D eigenvalue weighted by Gasteiger charge is 2.42. The SMILES string of the molecule is Cn1c(C2=CC3CCC(C2)N3C(=O)N2CCCc3ccccc32)cc2ccccc21. The van der Waals surface area contributed by atoms with E-state index in [1.54, 1.807) is 0 Å². The van der Waals surface area contributed by atoms with Gasteiger partial charge in [0.25, 0.3) is 0 Å². The summed E-state index contributed by atoms with van der Waals surface area (Å²) in [4.78, 5) is 17.8.